The van der Waals surface area contributed by atoms with Crippen LogP contribution in [0.15, 0.2) is 33.2 Å². The third-order valence-electron chi connectivity index (χ3n) is 5.08. The van der Waals surface area contributed by atoms with Crippen LogP contribution in [0.4, 0.5) is 0 Å². The normalized spacial score (nSPS) is 37.4. The maximum Gasteiger partial charge on any atom is 0.0562 e. The summed E-state index contributed by atoms with van der Waals surface area (Å²) in [5.41, 5.74) is 5.01. The minimum Gasteiger partial charge on any atom is -0.360 e. The van der Waals surface area contributed by atoms with E-state index in [4.69, 9.17) is 0 Å². The maximum atomic E-state index is 3.61. The van der Waals surface area contributed by atoms with Crippen molar-refractivity contribution in [3.8, 4) is 0 Å². The Morgan fingerprint density at radius 1 is 1.37 bits per heavy atom. The molecule has 1 saturated heterocycles. The van der Waals surface area contributed by atoms with Gasteiger partial charge in [0.15, 0.2) is 0 Å². The summed E-state index contributed by atoms with van der Waals surface area (Å²) in [6.07, 6.45) is 4.97. The van der Waals surface area contributed by atoms with E-state index in [0.717, 1.165) is 31.5 Å². The lowest BCUT2D eigenvalue weighted by Gasteiger charge is -2.37. The Bertz CT molecular complexity index is 503. The highest BCUT2D eigenvalue weighted by Crippen LogP contribution is 2.50. The molecular weight excluding hydrogens is 252 g/mol. The van der Waals surface area contributed by atoms with Gasteiger partial charge in [0.05, 0.1) is 11.7 Å². The molecule has 4 aliphatic rings. The molecule has 0 aromatic heterocycles. The zero-order chi connectivity index (χ0) is 13.0. The first-order valence-corrected chi connectivity index (χ1v) is 8.41. The Morgan fingerprint density at radius 2 is 2.26 bits per heavy atom. The van der Waals surface area contributed by atoms with E-state index in [9.17, 15) is 0 Å². The Kier molecular flexibility index (Phi) is 2.82. The summed E-state index contributed by atoms with van der Waals surface area (Å²) in [7, 11) is 0. The molecule has 2 nitrogen and oxygen atoms in total. The van der Waals surface area contributed by atoms with Crippen LogP contribution in [0.5, 0.6) is 0 Å². The summed E-state index contributed by atoms with van der Waals surface area (Å²) in [6.45, 7) is 8.17. The number of hydrogen-bond acceptors (Lipinski definition) is 3. The molecule has 0 aromatic carbocycles. The first-order chi connectivity index (χ1) is 9.27. The summed E-state index contributed by atoms with van der Waals surface area (Å²) >= 11 is 1.97. The van der Waals surface area contributed by atoms with Crippen molar-refractivity contribution in [2.24, 2.45) is 11.8 Å². The first kappa shape index (κ1) is 12.1. The zero-order valence-corrected chi connectivity index (χ0v) is 12.6. The lowest BCUT2D eigenvalue weighted by Crippen LogP contribution is -2.46. The van der Waals surface area contributed by atoms with E-state index < -0.39 is 0 Å². The fraction of sp³-hybridized carbons (Fsp3) is 0.625. The number of allylic oxidation sites excluding steroid dienone is 2. The molecule has 4 rings (SSSR count). The molecule has 1 fully saturated rings. The highest BCUT2D eigenvalue weighted by molar-refractivity contribution is 8.05. The van der Waals surface area contributed by atoms with E-state index in [0.29, 0.717) is 6.04 Å². The van der Waals surface area contributed by atoms with Crippen molar-refractivity contribution in [2.45, 2.75) is 32.7 Å². The number of piperidine rings is 1. The summed E-state index contributed by atoms with van der Waals surface area (Å²) in [5, 5.41) is 5.92. The minimum atomic E-state index is 0.662. The van der Waals surface area contributed by atoms with Gasteiger partial charge in [0.25, 0.3) is 0 Å². The summed E-state index contributed by atoms with van der Waals surface area (Å²) in [6, 6.07) is 0.662. The van der Waals surface area contributed by atoms with Gasteiger partial charge in [-0.1, -0.05) is 19.9 Å². The van der Waals surface area contributed by atoms with E-state index in [1.165, 1.54) is 12.8 Å². The zero-order valence-electron chi connectivity index (χ0n) is 11.8. The third kappa shape index (κ3) is 1.67. The molecule has 1 aliphatic carbocycles. The van der Waals surface area contributed by atoms with E-state index >= 15 is 0 Å². The molecule has 3 heterocycles. The van der Waals surface area contributed by atoms with Gasteiger partial charge in [-0.05, 0) is 41.2 Å². The number of rotatable bonds is 0. The Morgan fingerprint density at radius 3 is 3.16 bits per heavy atom. The van der Waals surface area contributed by atoms with Crippen molar-refractivity contribution in [1.82, 2.24) is 10.2 Å². The average molecular weight is 274 g/mol. The van der Waals surface area contributed by atoms with Crippen molar-refractivity contribution < 1.29 is 0 Å². The second-order valence-corrected chi connectivity index (χ2v) is 7.30. The van der Waals surface area contributed by atoms with Gasteiger partial charge in [-0.15, -0.1) is 11.8 Å². The van der Waals surface area contributed by atoms with Gasteiger partial charge in [0.2, 0.25) is 0 Å². The van der Waals surface area contributed by atoms with Crippen LogP contribution in [0.25, 0.3) is 0 Å². The standard InChI is InChI=1S/C16H22N2S/c1-10-4-5-12-13-9-17-8-11(2)14(13)18-6-3-7-19-16(10)15(12)18/h3,7,10-11,14,17H,4-6,8-9H2,1-2H3. The van der Waals surface area contributed by atoms with Crippen molar-refractivity contribution in [1.29, 1.82) is 0 Å². The van der Waals surface area contributed by atoms with Crippen LogP contribution in [-0.4, -0.2) is 30.6 Å². The molecule has 3 heteroatoms. The number of nitrogens with zero attached hydrogens (tertiary/aromatic N) is 1. The molecular formula is C16H22N2S. The minimum absolute atomic E-state index is 0.662. The molecule has 0 saturated carbocycles. The number of nitrogens with one attached hydrogen (secondary N) is 1. The van der Waals surface area contributed by atoms with Crippen molar-refractivity contribution >= 4 is 11.8 Å². The Labute approximate surface area is 120 Å². The summed E-state index contributed by atoms with van der Waals surface area (Å²) in [4.78, 5) is 4.33. The molecule has 102 valence electrons. The van der Waals surface area contributed by atoms with E-state index in [2.05, 4.69) is 35.5 Å². The molecule has 0 spiro atoms. The number of hydrogen-bond donors (Lipinski definition) is 1. The molecule has 3 atom stereocenters. The van der Waals surface area contributed by atoms with E-state index in [1.54, 1.807) is 21.7 Å². The predicted molar refractivity (Wildman–Crippen MR) is 81.7 cm³/mol. The van der Waals surface area contributed by atoms with Crippen molar-refractivity contribution in [3.63, 3.8) is 0 Å². The smallest absolute Gasteiger partial charge is 0.0562 e. The van der Waals surface area contributed by atoms with Crippen LogP contribution in [0.1, 0.15) is 26.7 Å². The second-order valence-electron chi connectivity index (χ2n) is 6.35. The van der Waals surface area contributed by atoms with Crippen LogP contribution >= 0.6 is 11.8 Å². The Hall–Kier alpha value is -0.670. The average Bonchev–Trinajstić information content (AvgIpc) is 2.57. The first-order valence-electron chi connectivity index (χ1n) is 7.53. The van der Waals surface area contributed by atoms with Gasteiger partial charge in [0, 0.05) is 24.5 Å². The fourth-order valence-corrected chi connectivity index (χ4v) is 5.22. The Balaban J connectivity index is 1.89. The molecule has 0 aromatic rings. The lowest BCUT2D eigenvalue weighted by molar-refractivity contribution is 0.236. The van der Waals surface area contributed by atoms with Gasteiger partial charge in [-0.2, -0.15) is 0 Å². The van der Waals surface area contributed by atoms with Gasteiger partial charge in [0.1, 0.15) is 0 Å². The van der Waals surface area contributed by atoms with Gasteiger partial charge < -0.3 is 10.2 Å². The van der Waals surface area contributed by atoms with Gasteiger partial charge >= 0.3 is 0 Å². The maximum absolute atomic E-state index is 3.61. The van der Waals surface area contributed by atoms with E-state index in [1.807, 2.05) is 11.8 Å². The molecule has 3 aliphatic heterocycles. The summed E-state index contributed by atoms with van der Waals surface area (Å²) in [5.74, 6) is 1.46. The highest BCUT2D eigenvalue weighted by Gasteiger charge is 2.43. The quantitative estimate of drug-likeness (QED) is 0.731. The molecule has 19 heavy (non-hydrogen) atoms. The van der Waals surface area contributed by atoms with E-state index in [-0.39, 0.29) is 0 Å². The van der Waals surface area contributed by atoms with Crippen molar-refractivity contribution in [3.05, 3.63) is 33.2 Å². The molecule has 3 unspecified atom stereocenters. The van der Waals surface area contributed by atoms with Crippen LogP contribution in [-0.2, 0) is 0 Å². The van der Waals surface area contributed by atoms with Crippen LogP contribution in [0.3, 0.4) is 0 Å². The highest BCUT2D eigenvalue weighted by atomic mass is 32.2. The van der Waals surface area contributed by atoms with Gasteiger partial charge in [-0.25, -0.2) is 0 Å². The molecule has 1 N–H and O–H groups in total. The molecule has 0 radical (unpaired) electrons. The SMILES string of the molecule is CC1CCC2=C3CNCC(C)C3N3CC=CSC1=C23. The lowest BCUT2D eigenvalue weighted by atomic mass is 9.86. The number of fused-ring (bicyclic) bond motifs is 2. The third-order valence-corrected chi connectivity index (χ3v) is 6.25. The van der Waals surface area contributed by atoms with Gasteiger partial charge in [-0.3, -0.25) is 0 Å². The van der Waals surface area contributed by atoms with Crippen LogP contribution in [0.2, 0.25) is 0 Å². The fourth-order valence-electron chi connectivity index (χ4n) is 4.19. The monoisotopic (exact) mass is 274 g/mol. The topological polar surface area (TPSA) is 15.3 Å². The summed E-state index contributed by atoms with van der Waals surface area (Å²) < 4.78 is 0. The van der Waals surface area contributed by atoms with Crippen LogP contribution < -0.4 is 5.32 Å². The second kappa shape index (κ2) is 4.42. The molecule has 0 bridgehead atoms. The predicted octanol–water partition coefficient (Wildman–Crippen LogP) is 3.11. The van der Waals surface area contributed by atoms with Crippen molar-refractivity contribution in [2.75, 3.05) is 19.6 Å². The molecule has 0 amide bonds. The largest absolute Gasteiger partial charge is 0.360 e. The van der Waals surface area contributed by atoms with Crippen LogP contribution in [0, 0.1) is 11.8 Å². The number of thioether (sulfide) groups is 1.